The lowest BCUT2D eigenvalue weighted by atomic mass is 10.1. The summed E-state index contributed by atoms with van der Waals surface area (Å²) < 4.78 is 37.6. The zero-order chi connectivity index (χ0) is 17.9. The lowest BCUT2D eigenvalue weighted by Crippen LogP contribution is -2.17. The first kappa shape index (κ1) is 17.3. The van der Waals surface area contributed by atoms with Crippen molar-refractivity contribution in [2.75, 3.05) is 13.6 Å². The number of alkyl halides is 3. The van der Waals surface area contributed by atoms with E-state index in [1.54, 1.807) is 0 Å². The van der Waals surface area contributed by atoms with Gasteiger partial charge in [-0.05, 0) is 42.4 Å². The third-order valence-electron chi connectivity index (χ3n) is 4.09. The maximum absolute atomic E-state index is 12.5. The Balaban J connectivity index is 1.59. The smallest absolute Gasteiger partial charge is 0.361 e. The Morgan fingerprint density at radius 1 is 1.04 bits per heavy atom. The molecule has 2 nitrogen and oxygen atoms in total. The molecule has 2 aromatic carbocycles. The zero-order valence-corrected chi connectivity index (χ0v) is 13.8. The summed E-state index contributed by atoms with van der Waals surface area (Å²) in [7, 11) is 2.02. The summed E-state index contributed by atoms with van der Waals surface area (Å²) in [5.41, 5.74) is 2.49. The second-order valence-electron chi connectivity index (χ2n) is 6.07. The number of halogens is 3. The monoisotopic (exact) mass is 344 g/mol. The van der Waals surface area contributed by atoms with Crippen LogP contribution in [0.5, 0.6) is 0 Å². The van der Waals surface area contributed by atoms with Gasteiger partial charge in [-0.3, -0.25) is 4.90 Å². The number of nitrogens with zero attached hydrogens (tertiary/aromatic N) is 1. The predicted octanol–water partition coefficient (Wildman–Crippen LogP) is 5.33. The van der Waals surface area contributed by atoms with Gasteiger partial charge in [0.2, 0.25) is 0 Å². The van der Waals surface area contributed by atoms with Crippen molar-refractivity contribution in [1.29, 1.82) is 0 Å². The zero-order valence-electron chi connectivity index (χ0n) is 13.8. The van der Waals surface area contributed by atoms with Crippen LogP contribution in [0.2, 0.25) is 0 Å². The van der Waals surface area contributed by atoms with Crippen LogP contribution >= 0.6 is 0 Å². The van der Waals surface area contributed by atoms with E-state index in [4.69, 9.17) is 0 Å². The highest BCUT2D eigenvalue weighted by Crippen LogP contribution is 2.29. The SMILES string of the molecule is CN(C/C=C/c1ccc(C(F)(F)F)cc1)Cc1cccc2[nH]ccc12. The van der Waals surface area contributed by atoms with E-state index in [2.05, 4.69) is 22.0 Å². The third kappa shape index (κ3) is 4.31. The Labute approximate surface area is 144 Å². The van der Waals surface area contributed by atoms with Gasteiger partial charge in [-0.15, -0.1) is 0 Å². The van der Waals surface area contributed by atoms with Crippen molar-refractivity contribution in [3.8, 4) is 0 Å². The maximum Gasteiger partial charge on any atom is 0.416 e. The first-order valence-corrected chi connectivity index (χ1v) is 8.01. The lowest BCUT2D eigenvalue weighted by molar-refractivity contribution is -0.137. The van der Waals surface area contributed by atoms with E-state index in [0.29, 0.717) is 6.54 Å². The van der Waals surface area contributed by atoms with Gasteiger partial charge < -0.3 is 4.98 Å². The number of benzene rings is 2. The summed E-state index contributed by atoms with van der Waals surface area (Å²) >= 11 is 0. The summed E-state index contributed by atoms with van der Waals surface area (Å²) in [6.45, 7) is 1.51. The minimum absolute atomic E-state index is 0.624. The molecule has 3 rings (SSSR count). The van der Waals surface area contributed by atoms with Crippen molar-refractivity contribution < 1.29 is 13.2 Å². The van der Waals surface area contributed by atoms with Crippen molar-refractivity contribution in [3.05, 3.63) is 77.5 Å². The average molecular weight is 344 g/mol. The van der Waals surface area contributed by atoms with Gasteiger partial charge in [-0.1, -0.05) is 36.4 Å². The first-order chi connectivity index (χ1) is 11.9. The van der Waals surface area contributed by atoms with Crippen LogP contribution in [-0.2, 0) is 12.7 Å². The van der Waals surface area contributed by atoms with Gasteiger partial charge in [0.25, 0.3) is 0 Å². The molecule has 0 aliphatic heterocycles. The highest BCUT2D eigenvalue weighted by atomic mass is 19.4. The molecule has 0 saturated carbocycles. The number of aromatic amines is 1. The van der Waals surface area contributed by atoms with Gasteiger partial charge in [0, 0.05) is 30.2 Å². The van der Waals surface area contributed by atoms with E-state index in [1.165, 1.54) is 23.1 Å². The number of hydrogen-bond acceptors (Lipinski definition) is 1. The number of likely N-dealkylation sites (N-methyl/N-ethyl adjacent to an activating group) is 1. The van der Waals surface area contributed by atoms with Crippen LogP contribution in [0.25, 0.3) is 17.0 Å². The number of aromatic nitrogens is 1. The van der Waals surface area contributed by atoms with Crippen LogP contribution in [-0.4, -0.2) is 23.5 Å². The van der Waals surface area contributed by atoms with Crippen molar-refractivity contribution in [2.24, 2.45) is 0 Å². The van der Waals surface area contributed by atoms with Gasteiger partial charge in [0.15, 0.2) is 0 Å². The van der Waals surface area contributed by atoms with Crippen LogP contribution < -0.4 is 0 Å². The van der Waals surface area contributed by atoms with Crippen LogP contribution in [0.1, 0.15) is 16.7 Å². The molecule has 0 aliphatic carbocycles. The van der Waals surface area contributed by atoms with Crippen molar-refractivity contribution >= 4 is 17.0 Å². The number of H-pyrrole nitrogens is 1. The van der Waals surface area contributed by atoms with E-state index >= 15 is 0 Å². The Hall–Kier alpha value is -2.53. The molecular formula is C20H19F3N2. The van der Waals surface area contributed by atoms with Crippen LogP contribution in [0.15, 0.2) is 60.8 Å². The largest absolute Gasteiger partial charge is 0.416 e. The number of rotatable bonds is 5. The summed E-state index contributed by atoms with van der Waals surface area (Å²) in [6, 6.07) is 13.4. The van der Waals surface area contributed by atoms with E-state index in [0.717, 1.165) is 29.8 Å². The van der Waals surface area contributed by atoms with Gasteiger partial charge in [0.05, 0.1) is 5.56 Å². The molecule has 25 heavy (non-hydrogen) atoms. The molecule has 1 heterocycles. The molecule has 0 amide bonds. The summed E-state index contributed by atoms with van der Waals surface area (Å²) in [5.74, 6) is 0. The molecule has 0 atom stereocenters. The van der Waals surface area contributed by atoms with Crippen molar-refractivity contribution in [1.82, 2.24) is 9.88 Å². The molecule has 0 unspecified atom stereocenters. The highest BCUT2D eigenvalue weighted by Gasteiger charge is 2.29. The number of nitrogens with one attached hydrogen (secondary N) is 1. The van der Waals surface area contributed by atoms with E-state index in [1.807, 2.05) is 37.5 Å². The van der Waals surface area contributed by atoms with Gasteiger partial charge in [0.1, 0.15) is 0 Å². The fourth-order valence-corrected chi connectivity index (χ4v) is 2.80. The van der Waals surface area contributed by atoms with Gasteiger partial charge in [-0.2, -0.15) is 13.2 Å². The highest BCUT2D eigenvalue weighted by molar-refractivity contribution is 5.82. The number of fused-ring (bicyclic) bond motifs is 1. The molecule has 1 N–H and O–H groups in total. The molecule has 0 radical (unpaired) electrons. The molecule has 5 heteroatoms. The molecule has 0 fully saturated rings. The first-order valence-electron chi connectivity index (χ1n) is 8.01. The molecule has 0 bridgehead atoms. The van der Waals surface area contributed by atoms with E-state index in [9.17, 15) is 13.2 Å². The second-order valence-corrected chi connectivity index (χ2v) is 6.07. The van der Waals surface area contributed by atoms with Gasteiger partial charge in [-0.25, -0.2) is 0 Å². The minimum atomic E-state index is -4.29. The van der Waals surface area contributed by atoms with Crippen molar-refractivity contribution in [3.63, 3.8) is 0 Å². The van der Waals surface area contributed by atoms with Gasteiger partial charge >= 0.3 is 6.18 Å². The third-order valence-corrected chi connectivity index (χ3v) is 4.09. The molecule has 1 aromatic heterocycles. The molecule has 0 aliphatic rings. The van der Waals surface area contributed by atoms with E-state index in [-0.39, 0.29) is 0 Å². The Bertz CT molecular complexity index is 861. The average Bonchev–Trinajstić information content (AvgIpc) is 3.04. The van der Waals surface area contributed by atoms with Crippen molar-refractivity contribution in [2.45, 2.75) is 12.7 Å². The summed E-state index contributed by atoms with van der Waals surface area (Å²) in [6.07, 6.45) is 1.44. The molecule has 0 saturated heterocycles. The van der Waals surface area contributed by atoms with Crippen LogP contribution in [0.4, 0.5) is 13.2 Å². The summed E-state index contributed by atoms with van der Waals surface area (Å²) in [4.78, 5) is 5.36. The minimum Gasteiger partial charge on any atom is -0.361 e. The number of hydrogen-bond donors (Lipinski definition) is 1. The standard InChI is InChI=1S/C20H19F3N2/c1-25(14-16-5-2-6-19-18(16)11-12-24-19)13-3-4-15-7-9-17(10-8-15)20(21,22)23/h2-12,24H,13-14H2,1H3/b4-3+. The normalized spacial score (nSPS) is 12.5. The second kappa shape index (κ2) is 7.15. The predicted molar refractivity (Wildman–Crippen MR) is 95.1 cm³/mol. The molecule has 0 spiro atoms. The Morgan fingerprint density at radius 3 is 2.52 bits per heavy atom. The topological polar surface area (TPSA) is 19.0 Å². The lowest BCUT2D eigenvalue weighted by Gasteiger charge is -2.15. The molecular weight excluding hydrogens is 325 g/mol. The van der Waals surface area contributed by atoms with Crippen LogP contribution in [0.3, 0.4) is 0 Å². The maximum atomic E-state index is 12.5. The van der Waals surface area contributed by atoms with Crippen LogP contribution in [0, 0.1) is 0 Å². The van der Waals surface area contributed by atoms with E-state index < -0.39 is 11.7 Å². The fourth-order valence-electron chi connectivity index (χ4n) is 2.80. The molecule has 130 valence electrons. The summed E-state index contributed by atoms with van der Waals surface area (Å²) in [5, 5.41) is 1.21. The Morgan fingerprint density at radius 2 is 1.80 bits per heavy atom. The molecule has 3 aromatic rings. The Kier molecular flexibility index (Phi) is 4.95. The fraction of sp³-hybridized carbons (Fsp3) is 0.200. The quantitative estimate of drug-likeness (QED) is 0.663.